The summed E-state index contributed by atoms with van der Waals surface area (Å²) in [4.78, 5) is 14.4. The molecular formula is C20H23FN2O2. The van der Waals surface area contributed by atoms with E-state index in [9.17, 15) is 14.3 Å². The van der Waals surface area contributed by atoms with E-state index in [1.807, 2.05) is 30.3 Å². The molecule has 2 amide bonds. The highest BCUT2D eigenvalue weighted by atomic mass is 19.1. The van der Waals surface area contributed by atoms with Gasteiger partial charge >= 0.3 is 6.03 Å². The summed E-state index contributed by atoms with van der Waals surface area (Å²) in [6.07, 6.45) is 1.66. The van der Waals surface area contributed by atoms with Gasteiger partial charge in [0, 0.05) is 23.8 Å². The van der Waals surface area contributed by atoms with Crippen molar-refractivity contribution >= 4 is 11.7 Å². The highest BCUT2D eigenvalue weighted by Crippen LogP contribution is 2.28. The molecule has 1 aliphatic heterocycles. The number of aliphatic hydroxyl groups is 1. The molecule has 0 radical (unpaired) electrons. The normalized spacial score (nSPS) is 18.2. The minimum absolute atomic E-state index is 0.0240. The smallest absolute Gasteiger partial charge is 0.322 e. The summed E-state index contributed by atoms with van der Waals surface area (Å²) in [5.41, 5.74) is 1.77. The fraction of sp³-hybridized carbons (Fsp3) is 0.350. The lowest BCUT2D eigenvalue weighted by atomic mass is 10.0. The van der Waals surface area contributed by atoms with Crippen molar-refractivity contribution in [1.82, 2.24) is 4.90 Å². The summed E-state index contributed by atoms with van der Waals surface area (Å²) in [5.74, 6) is -0.338. The van der Waals surface area contributed by atoms with Crippen molar-refractivity contribution in [2.45, 2.75) is 38.3 Å². The van der Waals surface area contributed by atoms with Crippen LogP contribution in [0.5, 0.6) is 0 Å². The zero-order chi connectivity index (χ0) is 17.8. The molecule has 0 spiro atoms. The van der Waals surface area contributed by atoms with Crippen LogP contribution in [0.25, 0.3) is 0 Å². The first-order chi connectivity index (χ1) is 12.1. The number of hydrogen-bond acceptors (Lipinski definition) is 2. The average molecular weight is 342 g/mol. The Morgan fingerprint density at radius 3 is 2.80 bits per heavy atom. The van der Waals surface area contributed by atoms with Crippen LogP contribution in [-0.4, -0.2) is 28.6 Å². The zero-order valence-corrected chi connectivity index (χ0v) is 14.3. The number of nitrogens with one attached hydrogen (secondary N) is 1. The van der Waals surface area contributed by atoms with Crippen LogP contribution in [0, 0.1) is 12.7 Å². The largest absolute Gasteiger partial charge is 0.388 e. The maximum absolute atomic E-state index is 13.6. The molecule has 2 aromatic rings. The van der Waals surface area contributed by atoms with Crippen molar-refractivity contribution in [3.8, 4) is 0 Å². The Bertz CT molecular complexity index is 736. The number of halogens is 1. The van der Waals surface area contributed by atoms with Gasteiger partial charge in [-0.3, -0.25) is 0 Å². The summed E-state index contributed by atoms with van der Waals surface area (Å²) in [5, 5.41) is 13.2. The second-order valence-corrected chi connectivity index (χ2v) is 6.49. The van der Waals surface area contributed by atoms with E-state index in [0.29, 0.717) is 24.2 Å². The van der Waals surface area contributed by atoms with Crippen LogP contribution in [0.15, 0.2) is 48.5 Å². The van der Waals surface area contributed by atoms with Gasteiger partial charge in [-0.15, -0.1) is 0 Å². The van der Waals surface area contributed by atoms with Gasteiger partial charge in [-0.1, -0.05) is 36.4 Å². The number of nitrogens with zero attached hydrogens (tertiary/aromatic N) is 1. The third-order valence-electron chi connectivity index (χ3n) is 4.83. The first-order valence-electron chi connectivity index (χ1n) is 8.62. The number of carbonyl (C=O) groups excluding carboxylic acids is 1. The van der Waals surface area contributed by atoms with Gasteiger partial charge in [0.05, 0.1) is 6.10 Å². The third-order valence-corrected chi connectivity index (χ3v) is 4.83. The molecular weight excluding hydrogens is 319 g/mol. The maximum atomic E-state index is 13.6. The van der Waals surface area contributed by atoms with Gasteiger partial charge in [0.1, 0.15) is 5.82 Å². The summed E-state index contributed by atoms with van der Waals surface area (Å²) < 4.78 is 13.6. The fourth-order valence-corrected chi connectivity index (χ4v) is 3.35. The zero-order valence-electron chi connectivity index (χ0n) is 14.3. The Labute approximate surface area is 147 Å². The van der Waals surface area contributed by atoms with E-state index >= 15 is 0 Å². The van der Waals surface area contributed by atoms with Gasteiger partial charge in [-0.2, -0.15) is 0 Å². The number of benzene rings is 2. The second-order valence-electron chi connectivity index (χ2n) is 6.49. The number of rotatable bonds is 4. The highest BCUT2D eigenvalue weighted by Gasteiger charge is 2.31. The average Bonchev–Trinajstić information content (AvgIpc) is 3.08. The molecule has 4 nitrogen and oxygen atoms in total. The molecule has 5 heteroatoms. The van der Waals surface area contributed by atoms with Crippen LogP contribution in [0.2, 0.25) is 0 Å². The van der Waals surface area contributed by atoms with Gasteiger partial charge in [0.15, 0.2) is 0 Å². The molecule has 2 unspecified atom stereocenters. The van der Waals surface area contributed by atoms with E-state index < -0.39 is 6.10 Å². The monoisotopic (exact) mass is 342 g/mol. The van der Waals surface area contributed by atoms with Crippen molar-refractivity contribution in [3.63, 3.8) is 0 Å². The van der Waals surface area contributed by atoms with Crippen LogP contribution in [0.4, 0.5) is 14.9 Å². The molecule has 25 heavy (non-hydrogen) atoms. The van der Waals surface area contributed by atoms with Gasteiger partial charge in [0.2, 0.25) is 0 Å². The minimum Gasteiger partial charge on any atom is -0.388 e. The SMILES string of the molecule is Cc1c(F)cccc1NC(=O)N1CCCC1CC(O)c1ccccc1. The van der Waals surface area contributed by atoms with E-state index in [2.05, 4.69) is 5.32 Å². The van der Waals surface area contributed by atoms with Crippen LogP contribution < -0.4 is 5.32 Å². The van der Waals surface area contributed by atoms with E-state index in [4.69, 9.17) is 0 Å². The van der Waals surface area contributed by atoms with Crippen molar-refractivity contribution in [1.29, 1.82) is 0 Å². The van der Waals surface area contributed by atoms with Crippen molar-refractivity contribution in [2.24, 2.45) is 0 Å². The molecule has 0 aliphatic carbocycles. The maximum Gasteiger partial charge on any atom is 0.322 e. The molecule has 0 bridgehead atoms. The van der Waals surface area contributed by atoms with Gasteiger partial charge in [-0.25, -0.2) is 9.18 Å². The fourth-order valence-electron chi connectivity index (χ4n) is 3.35. The molecule has 1 heterocycles. The number of anilines is 1. The molecule has 0 aromatic heterocycles. The van der Waals surface area contributed by atoms with E-state index in [1.165, 1.54) is 6.07 Å². The molecule has 1 fully saturated rings. The minimum atomic E-state index is -0.601. The van der Waals surface area contributed by atoms with E-state index in [1.54, 1.807) is 24.0 Å². The third kappa shape index (κ3) is 3.99. The Kier molecular flexibility index (Phi) is 5.34. The summed E-state index contributed by atoms with van der Waals surface area (Å²) in [6.45, 7) is 2.29. The van der Waals surface area contributed by atoms with Crippen molar-refractivity contribution in [2.75, 3.05) is 11.9 Å². The van der Waals surface area contributed by atoms with Crippen molar-refractivity contribution in [3.05, 3.63) is 65.5 Å². The summed E-state index contributed by atoms with van der Waals surface area (Å²) >= 11 is 0. The first kappa shape index (κ1) is 17.4. The molecule has 2 N–H and O–H groups in total. The molecule has 0 saturated carbocycles. The molecule has 3 rings (SSSR count). The van der Waals surface area contributed by atoms with E-state index in [-0.39, 0.29) is 17.9 Å². The Morgan fingerprint density at radius 2 is 2.04 bits per heavy atom. The highest BCUT2D eigenvalue weighted by molar-refractivity contribution is 5.90. The lowest BCUT2D eigenvalue weighted by Crippen LogP contribution is -2.39. The molecule has 132 valence electrons. The molecule has 1 aliphatic rings. The Balaban J connectivity index is 1.66. The molecule has 2 atom stereocenters. The number of hydrogen-bond donors (Lipinski definition) is 2. The summed E-state index contributed by atoms with van der Waals surface area (Å²) in [6, 6.07) is 13.9. The number of amides is 2. The quantitative estimate of drug-likeness (QED) is 0.872. The van der Waals surface area contributed by atoms with E-state index in [0.717, 1.165) is 18.4 Å². The number of aliphatic hydroxyl groups excluding tert-OH is 1. The Morgan fingerprint density at radius 1 is 1.28 bits per heavy atom. The van der Waals surface area contributed by atoms with Crippen LogP contribution in [-0.2, 0) is 0 Å². The lowest BCUT2D eigenvalue weighted by Gasteiger charge is -2.27. The van der Waals surface area contributed by atoms with Crippen LogP contribution >= 0.6 is 0 Å². The van der Waals surface area contributed by atoms with Gasteiger partial charge in [0.25, 0.3) is 0 Å². The molecule has 2 aromatic carbocycles. The standard InChI is InChI=1S/C20H23FN2O2/c1-14-17(21)10-5-11-18(14)22-20(25)23-12-6-9-16(23)13-19(24)15-7-3-2-4-8-15/h2-5,7-8,10-11,16,19,24H,6,9,12-13H2,1H3,(H,22,25). The number of urea groups is 1. The lowest BCUT2D eigenvalue weighted by molar-refractivity contribution is 0.129. The number of likely N-dealkylation sites (tertiary alicyclic amines) is 1. The van der Waals surface area contributed by atoms with Gasteiger partial charge in [-0.05, 0) is 43.9 Å². The predicted molar refractivity (Wildman–Crippen MR) is 95.9 cm³/mol. The Hall–Kier alpha value is -2.40. The topological polar surface area (TPSA) is 52.6 Å². The van der Waals surface area contributed by atoms with Gasteiger partial charge < -0.3 is 15.3 Å². The first-order valence-corrected chi connectivity index (χ1v) is 8.62. The van der Waals surface area contributed by atoms with Crippen molar-refractivity contribution < 1.29 is 14.3 Å². The second kappa shape index (κ2) is 7.66. The summed E-state index contributed by atoms with van der Waals surface area (Å²) in [7, 11) is 0. The predicted octanol–water partition coefficient (Wildman–Crippen LogP) is 4.25. The molecule has 1 saturated heterocycles. The van der Waals surface area contributed by atoms with Crippen LogP contribution in [0.3, 0.4) is 0 Å². The number of carbonyl (C=O) groups is 1. The van der Waals surface area contributed by atoms with Crippen LogP contribution in [0.1, 0.15) is 36.5 Å².